The number of hydrogen-bond acceptors (Lipinski definition) is 5. The molecule has 1 saturated heterocycles. The van der Waals surface area contributed by atoms with Gasteiger partial charge in [0, 0.05) is 16.8 Å². The van der Waals surface area contributed by atoms with Crippen molar-refractivity contribution in [2.24, 2.45) is 0 Å². The molecule has 6 nitrogen and oxygen atoms in total. The Bertz CT molecular complexity index is 1260. The maximum Gasteiger partial charge on any atom is 0.300 e. The first-order valence-electron chi connectivity index (χ1n) is 10.5. The van der Waals surface area contributed by atoms with Crippen LogP contribution >= 0.6 is 0 Å². The molecule has 1 heterocycles. The van der Waals surface area contributed by atoms with Crippen molar-refractivity contribution in [3.63, 3.8) is 0 Å². The Morgan fingerprint density at radius 2 is 1.58 bits per heavy atom. The maximum absolute atomic E-state index is 13.3. The first-order valence-corrected chi connectivity index (χ1v) is 10.5. The van der Waals surface area contributed by atoms with Crippen LogP contribution in [-0.4, -0.2) is 31.0 Å². The summed E-state index contributed by atoms with van der Waals surface area (Å²) in [5, 5.41) is 11.3. The molecule has 0 saturated carbocycles. The second kappa shape index (κ2) is 8.82. The molecule has 1 unspecified atom stereocenters. The largest absolute Gasteiger partial charge is 0.507 e. The number of aryl methyl sites for hydroxylation is 2. The molecule has 3 aromatic rings. The summed E-state index contributed by atoms with van der Waals surface area (Å²) in [5.41, 5.74) is 3.47. The van der Waals surface area contributed by atoms with Crippen molar-refractivity contribution >= 4 is 23.1 Å². The van der Waals surface area contributed by atoms with Gasteiger partial charge in [-0.1, -0.05) is 36.4 Å². The number of nitrogens with zero attached hydrogens (tertiary/aromatic N) is 1. The Morgan fingerprint density at radius 3 is 2.24 bits per heavy atom. The minimum absolute atomic E-state index is 0.00286. The number of aliphatic hydroxyl groups excluding tert-OH is 1. The topological polar surface area (TPSA) is 76.1 Å². The van der Waals surface area contributed by atoms with Crippen LogP contribution in [0.1, 0.15) is 28.3 Å². The highest BCUT2D eigenvalue weighted by Crippen LogP contribution is 2.45. The lowest BCUT2D eigenvalue weighted by Crippen LogP contribution is -2.29. The molecule has 1 atom stereocenters. The first kappa shape index (κ1) is 22.1. The Kier molecular flexibility index (Phi) is 5.92. The molecule has 3 aromatic carbocycles. The van der Waals surface area contributed by atoms with E-state index in [0.717, 1.165) is 11.1 Å². The van der Waals surface area contributed by atoms with Crippen molar-refractivity contribution in [3.05, 3.63) is 94.6 Å². The number of Topliss-reactive ketones (excluding diaryl/α,β-unsaturated/α-hetero) is 1. The van der Waals surface area contributed by atoms with Gasteiger partial charge in [-0.15, -0.1) is 0 Å². The van der Waals surface area contributed by atoms with E-state index >= 15 is 0 Å². The molecule has 1 N–H and O–H groups in total. The fraction of sp³-hybridized carbons (Fsp3) is 0.185. The predicted octanol–water partition coefficient (Wildman–Crippen LogP) is 4.95. The van der Waals surface area contributed by atoms with Crippen LogP contribution in [0.2, 0.25) is 0 Å². The fourth-order valence-electron chi connectivity index (χ4n) is 4.30. The molecule has 0 aromatic heterocycles. The molecule has 168 valence electrons. The quantitative estimate of drug-likeness (QED) is 0.343. The van der Waals surface area contributed by atoms with Gasteiger partial charge in [0.1, 0.15) is 17.3 Å². The van der Waals surface area contributed by atoms with Crippen LogP contribution < -0.4 is 14.4 Å². The molecule has 1 fully saturated rings. The van der Waals surface area contributed by atoms with Gasteiger partial charge in [0.25, 0.3) is 11.7 Å². The van der Waals surface area contributed by atoms with E-state index in [-0.39, 0.29) is 11.3 Å². The summed E-state index contributed by atoms with van der Waals surface area (Å²) in [7, 11) is 3.05. The van der Waals surface area contributed by atoms with Crippen molar-refractivity contribution in [2.75, 3.05) is 19.1 Å². The number of aliphatic hydroxyl groups is 1. The van der Waals surface area contributed by atoms with E-state index in [1.165, 1.54) is 19.1 Å². The summed E-state index contributed by atoms with van der Waals surface area (Å²) in [4.78, 5) is 28.1. The number of carbonyl (C=O) groups excluding carboxylic acids is 2. The average molecular weight is 443 g/mol. The van der Waals surface area contributed by atoms with Crippen LogP contribution in [0.3, 0.4) is 0 Å². The molecule has 33 heavy (non-hydrogen) atoms. The third-order valence-corrected chi connectivity index (χ3v) is 5.71. The van der Waals surface area contributed by atoms with E-state index < -0.39 is 17.7 Å². The molecular weight excluding hydrogens is 418 g/mol. The molecule has 0 spiro atoms. The average Bonchev–Trinajstić information content (AvgIpc) is 3.08. The number of methoxy groups -OCH3 is 2. The molecule has 0 bridgehead atoms. The summed E-state index contributed by atoms with van der Waals surface area (Å²) in [6.07, 6.45) is 0. The van der Waals surface area contributed by atoms with Crippen molar-refractivity contribution in [1.82, 2.24) is 0 Å². The second-order valence-corrected chi connectivity index (χ2v) is 7.99. The van der Waals surface area contributed by atoms with E-state index in [0.29, 0.717) is 28.3 Å². The standard InChI is InChI=1S/C27H25NO5/c1-16-12-17(2)14-19(13-16)28-24(21-10-5-6-11-22(21)33-4)23(26(30)27(28)31)25(29)18-8-7-9-20(15-18)32-3/h5-15,24,29H,1-4H3/b25-23+. The van der Waals surface area contributed by atoms with Crippen LogP contribution in [0.5, 0.6) is 11.5 Å². The normalized spacial score (nSPS) is 17.3. The van der Waals surface area contributed by atoms with Gasteiger partial charge in [-0.2, -0.15) is 0 Å². The highest BCUT2D eigenvalue weighted by atomic mass is 16.5. The molecule has 4 rings (SSSR count). The van der Waals surface area contributed by atoms with E-state index in [1.807, 2.05) is 44.2 Å². The number of para-hydroxylation sites is 1. The summed E-state index contributed by atoms with van der Waals surface area (Å²) in [6.45, 7) is 3.86. The summed E-state index contributed by atoms with van der Waals surface area (Å²) >= 11 is 0. The highest BCUT2D eigenvalue weighted by Gasteiger charge is 2.48. The molecule has 1 amide bonds. The first-order chi connectivity index (χ1) is 15.8. The third-order valence-electron chi connectivity index (χ3n) is 5.71. The summed E-state index contributed by atoms with van der Waals surface area (Å²) < 4.78 is 10.8. The summed E-state index contributed by atoms with van der Waals surface area (Å²) in [5.74, 6) is -0.701. The highest BCUT2D eigenvalue weighted by molar-refractivity contribution is 6.51. The molecule has 0 radical (unpaired) electrons. The molecule has 1 aliphatic heterocycles. The van der Waals surface area contributed by atoms with E-state index in [2.05, 4.69) is 0 Å². The number of benzene rings is 3. The zero-order valence-corrected chi connectivity index (χ0v) is 19.0. The number of anilines is 1. The lowest BCUT2D eigenvalue weighted by Gasteiger charge is -2.27. The smallest absolute Gasteiger partial charge is 0.300 e. The van der Waals surface area contributed by atoms with Crippen LogP contribution in [0.15, 0.2) is 72.3 Å². The minimum atomic E-state index is -0.867. The zero-order valence-electron chi connectivity index (χ0n) is 19.0. The van der Waals surface area contributed by atoms with Gasteiger partial charge in [0.2, 0.25) is 0 Å². The fourth-order valence-corrected chi connectivity index (χ4v) is 4.30. The number of rotatable bonds is 5. The van der Waals surface area contributed by atoms with Gasteiger partial charge in [0.05, 0.1) is 25.8 Å². The number of hydrogen-bond donors (Lipinski definition) is 1. The SMILES string of the molecule is COc1cccc(/C(O)=C2\C(=O)C(=O)N(c3cc(C)cc(C)c3)C2c2ccccc2OC)c1. The molecule has 6 heteroatoms. The van der Waals surface area contributed by atoms with Gasteiger partial charge in [-0.3, -0.25) is 14.5 Å². The van der Waals surface area contributed by atoms with Crippen LogP contribution in [0, 0.1) is 13.8 Å². The van der Waals surface area contributed by atoms with Gasteiger partial charge in [0.15, 0.2) is 0 Å². The van der Waals surface area contributed by atoms with Crippen molar-refractivity contribution in [1.29, 1.82) is 0 Å². The van der Waals surface area contributed by atoms with Crippen molar-refractivity contribution < 1.29 is 24.2 Å². The van der Waals surface area contributed by atoms with E-state index in [4.69, 9.17) is 9.47 Å². The van der Waals surface area contributed by atoms with Crippen LogP contribution in [-0.2, 0) is 9.59 Å². The minimum Gasteiger partial charge on any atom is -0.507 e. The molecular formula is C27H25NO5. The Hall–Kier alpha value is -4.06. The molecule has 0 aliphatic carbocycles. The Morgan fingerprint density at radius 1 is 0.879 bits per heavy atom. The number of ketones is 1. The lowest BCUT2D eigenvalue weighted by atomic mass is 9.94. The van der Waals surface area contributed by atoms with Crippen LogP contribution in [0.25, 0.3) is 5.76 Å². The van der Waals surface area contributed by atoms with Gasteiger partial charge < -0.3 is 14.6 Å². The van der Waals surface area contributed by atoms with Gasteiger partial charge in [-0.25, -0.2) is 0 Å². The lowest BCUT2D eigenvalue weighted by molar-refractivity contribution is -0.132. The third kappa shape index (κ3) is 3.96. The second-order valence-electron chi connectivity index (χ2n) is 7.99. The zero-order chi connectivity index (χ0) is 23.7. The number of amides is 1. The number of ether oxygens (including phenoxy) is 2. The van der Waals surface area contributed by atoms with Crippen molar-refractivity contribution in [3.8, 4) is 11.5 Å². The Labute approximate surface area is 192 Å². The van der Waals surface area contributed by atoms with Crippen LogP contribution in [0.4, 0.5) is 5.69 Å². The number of carbonyl (C=O) groups is 2. The maximum atomic E-state index is 13.3. The predicted molar refractivity (Wildman–Crippen MR) is 127 cm³/mol. The van der Waals surface area contributed by atoms with Gasteiger partial charge in [-0.05, 0) is 55.3 Å². The van der Waals surface area contributed by atoms with Crippen molar-refractivity contribution in [2.45, 2.75) is 19.9 Å². The van der Waals surface area contributed by atoms with E-state index in [1.54, 1.807) is 36.4 Å². The molecule has 1 aliphatic rings. The monoisotopic (exact) mass is 443 g/mol. The Balaban J connectivity index is 2.00. The van der Waals surface area contributed by atoms with Gasteiger partial charge >= 0.3 is 0 Å². The summed E-state index contributed by atoms with van der Waals surface area (Å²) in [6, 6.07) is 18.8. The van der Waals surface area contributed by atoms with E-state index in [9.17, 15) is 14.7 Å².